The maximum Gasteiger partial charge on any atom is 0.267 e. The molecule has 7 nitrogen and oxygen atoms in total. The Labute approximate surface area is 223 Å². The highest BCUT2D eigenvalue weighted by Gasteiger charge is 2.31. The molecule has 0 spiro atoms. The van der Waals surface area contributed by atoms with Crippen molar-refractivity contribution in [2.24, 2.45) is 0 Å². The van der Waals surface area contributed by atoms with Crippen molar-refractivity contribution in [1.82, 2.24) is 14.9 Å². The molecule has 0 unspecified atom stereocenters. The highest BCUT2D eigenvalue weighted by molar-refractivity contribution is 7.99. The molecule has 5 rings (SSSR count). The molecular formula is C28H29N3O4S2. The Kier molecular flexibility index (Phi) is 7.37. The van der Waals surface area contributed by atoms with Crippen LogP contribution >= 0.6 is 23.1 Å². The van der Waals surface area contributed by atoms with Crippen LogP contribution in [0.5, 0.6) is 5.75 Å². The van der Waals surface area contributed by atoms with E-state index in [0.29, 0.717) is 46.4 Å². The van der Waals surface area contributed by atoms with Gasteiger partial charge in [-0.15, -0.1) is 11.3 Å². The van der Waals surface area contributed by atoms with Crippen LogP contribution in [-0.4, -0.2) is 40.5 Å². The molecule has 0 aliphatic carbocycles. The second kappa shape index (κ2) is 10.7. The number of fused-ring (bicyclic) bond motifs is 3. The first-order valence-corrected chi connectivity index (χ1v) is 13.9. The lowest BCUT2D eigenvalue weighted by atomic mass is 9.94. The number of hydrogen-bond acceptors (Lipinski definition) is 7. The van der Waals surface area contributed by atoms with Gasteiger partial charge in [0.15, 0.2) is 5.16 Å². The van der Waals surface area contributed by atoms with E-state index in [1.54, 1.807) is 11.7 Å². The largest absolute Gasteiger partial charge is 0.497 e. The fraction of sp³-hybridized carbons (Fsp3) is 0.321. The summed E-state index contributed by atoms with van der Waals surface area (Å²) in [5.41, 5.74) is 2.40. The molecule has 2 aromatic heterocycles. The molecule has 1 aliphatic rings. The second-order valence-corrected chi connectivity index (χ2v) is 11.5. The van der Waals surface area contributed by atoms with Crippen molar-refractivity contribution < 1.29 is 14.3 Å². The molecular weight excluding hydrogens is 506 g/mol. The normalized spacial score (nSPS) is 14.4. The number of nitrogens with one attached hydrogen (secondary N) is 1. The Hall–Kier alpha value is -3.14. The van der Waals surface area contributed by atoms with E-state index >= 15 is 0 Å². The van der Waals surface area contributed by atoms with Gasteiger partial charge in [0.1, 0.15) is 10.6 Å². The minimum Gasteiger partial charge on any atom is -0.497 e. The van der Waals surface area contributed by atoms with E-state index in [4.69, 9.17) is 14.5 Å². The summed E-state index contributed by atoms with van der Waals surface area (Å²) in [7, 11) is 1.61. The van der Waals surface area contributed by atoms with E-state index in [0.717, 1.165) is 16.9 Å². The molecule has 2 aromatic carbocycles. The number of benzene rings is 2. The number of carbonyl (C=O) groups excluding carboxylic acids is 1. The highest BCUT2D eigenvalue weighted by Crippen LogP contribution is 2.38. The molecule has 1 aliphatic heterocycles. The molecule has 0 atom stereocenters. The van der Waals surface area contributed by atoms with Gasteiger partial charge in [-0.2, -0.15) is 0 Å². The minimum absolute atomic E-state index is 0.0998. The molecule has 37 heavy (non-hydrogen) atoms. The Morgan fingerprint density at radius 1 is 1.19 bits per heavy atom. The maximum atomic E-state index is 14.0. The first-order valence-electron chi connectivity index (χ1n) is 12.1. The van der Waals surface area contributed by atoms with Crippen molar-refractivity contribution in [1.29, 1.82) is 0 Å². The number of nitrogens with zero attached hydrogens (tertiary/aromatic N) is 2. The summed E-state index contributed by atoms with van der Waals surface area (Å²) in [4.78, 5) is 33.2. The van der Waals surface area contributed by atoms with Crippen LogP contribution in [-0.2, 0) is 29.0 Å². The summed E-state index contributed by atoms with van der Waals surface area (Å²) in [5, 5.41) is 4.10. The minimum atomic E-state index is -0.344. The van der Waals surface area contributed by atoms with Crippen molar-refractivity contribution in [3.05, 3.63) is 81.0 Å². The van der Waals surface area contributed by atoms with Gasteiger partial charge in [-0.1, -0.05) is 42.1 Å². The van der Waals surface area contributed by atoms with Gasteiger partial charge < -0.3 is 14.8 Å². The van der Waals surface area contributed by atoms with Crippen LogP contribution in [0.1, 0.15) is 29.9 Å². The van der Waals surface area contributed by atoms with Crippen molar-refractivity contribution in [3.63, 3.8) is 0 Å². The maximum absolute atomic E-state index is 14.0. The Bertz CT molecular complexity index is 1480. The summed E-state index contributed by atoms with van der Waals surface area (Å²) >= 11 is 2.77. The van der Waals surface area contributed by atoms with E-state index in [9.17, 15) is 9.59 Å². The number of methoxy groups -OCH3 is 1. The lowest BCUT2D eigenvalue weighted by Crippen LogP contribution is -2.32. The topological polar surface area (TPSA) is 82.5 Å². The van der Waals surface area contributed by atoms with Crippen molar-refractivity contribution in [2.45, 2.75) is 44.1 Å². The third kappa shape index (κ3) is 5.58. The van der Waals surface area contributed by atoms with Gasteiger partial charge in [-0.3, -0.25) is 14.2 Å². The summed E-state index contributed by atoms with van der Waals surface area (Å²) in [6, 6.07) is 17.3. The molecule has 0 saturated heterocycles. The number of carbonyl (C=O) groups is 1. The highest BCUT2D eigenvalue weighted by atomic mass is 32.2. The van der Waals surface area contributed by atoms with Gasteiger partial charge in [-0.25, -0.2) is 4.98 Å². The second-order valence-electron chi connectivity index (χ2n) is 9.52. The summed E-state index contributed by atoms with van der Waals surface area (Å²) in [6.45, 7) is 5.09. The van der Waals surface area contributed by atoms with E-state index in [2.05, 4.69) is 5.32 Å². The quantitative estimate of drug-likeness (QED) is 0.259. The molecule has 0 saturated carbocycles. The van der Waals surface area contributed by atoms with Gasteiger partial charge in [0.25, 0.3) is 5.56 Å². The van der Waals surface area contributed by atoms with Crippen LogP contribution in [0.2, 0.25) is 0 Å². The zero-order valence-corrected chi connectivity index (χ0v) is 22.7. The predicted molar refractivity (Wildman–Crippen MR) is 148 cm³/mol. The lowest BCUT2D eigenvalue weighted by Gasteiger charge is -2.29. The van der Waals surface area contributed by atoms with Gasteiger partial charge in [0.05, 0.1) is 36.1 Å². The van der Waals surface area contributed by atoms with Crippen molar-refractivity contribution >= 4 is 39.2 Å². The first kappa shape index (κ1) is 25.5. The molecule has 4 aromatic rings. The summed E-state index contributed by atoms with van der Waals surface area (Å²) in [6.07, 6.45) is 1.41. The third-order valence-corrected chi connectivity index (χ3v) is 8.35. The molecule has 9 heteroatoms. The molecule has 1 N–H and O–H groups in total. The van der Waals surface area contributed by atoms with E-state index in [1.807, 2.05) is 68.4 Å². The van der Waals surface area contributed by atoms with Crippen LogP contribution in [0.15, 0.2) is 64.5 Å². The van der Waals surface area contributed by atoms with E-state index in [1.165, 1.54) is 28.7 Å². The van der Waals surface area contributed by atoms with Crippen LogP contribution in [0.25, 0.3) is 15.9 Å². The number of thiophene rings is 1. The fourth-order valence-corrected chi connectivity index (χ4v) is 6.39. The average Bonchev–Trinajstić information content (AvgIpc) is 3.25. The number of hydrogen-bond donors (Lipinski definition) is 1. The standard InChI is InChI=1S/C28H29N3O4S2/c1-28(2)15-21-22(16-35-28)37-25-24(21)26(33)31(19-9-11-20(34-3)12-10-19)27(30-25)36-17-23(32)29-14-13-18-7-5-4-6-8-18/h4-12H,13-17H2,1-3H3,(H,29,32). The Morgan fingerprint density at radius 3 is 2.68 bits per heavy atom. The van der Waals surface area contributed by atoms with E-state index < -0.39 is 0 Å². The zero-order chi connectivity index (χ0) is 26.0. The molecule has 3 heterocycles. The molecule has 192 valence electrons. The molecule has 0 bridgehead atoms. The van der Waals surface area contributed by atoms with Gasteiger partial charge >= 0.3 is 0 Å². The Balaban J connectivity index is 1.44. The number of aromatic nitrogens is 2. The number of amides is 1. The smallest absolute Gasteiger partial charge is 0.267 e. The first-order chi connectivity index (χ1) is 17.8. The third-order valence-electron chi connectivity index (χ3n) is 6.32. The molecule has 0 fully saturated rings. The predicted octanol–water partition coefficient (Wildman–Crippen LogP) is 4.76. The summed E-state index contributed by atoms with van der Waals surface area (Å²) in [5.74, 6) is 0.756. The van der Waals surface area contributed by atoms with Gasteiger partial charge in [0.2, 0.25) is 5.91 Å². The fourth-order valence-electron chi connectivity index (χ4n) is 4.40. The number of thioether (sulfide) groups is 1. The van der Waals surface area contributed by atoms with Gasteiger partial charge in [0, 0.05) is 17.8 Å². The SMILES string of the molecule is COc1ccc(-n2c(SCC(=O)NCCc3ccccc3)nc3sc4c(c3c2=O)CC(C)(C)OC4)cc1. The van der Waals surface area contributed by atoms with Crippen LogP contribution in [0.3, 0.4) is 0 Å². The van der Waals surface area contributed by atoms with Crippen LogP contribution < -0.4 is 15.6 Å². The number of ether oxygens (including phenoxy) is 2. The summed E-state index contributed by atoms with van der Waals surface area (Å²) < 4.78 is 12.9. The Morgan fingerprint density at radius 2 is 1.95 bits per heavy atom. The monoisotopic (exact) mass is 535 g/mol. The van der Waals surface area contributed by atoms with Crippen LogP contribution in [0, 0.1) is 0 Å². The zero-order valence-electron chi connectivity index (χ0n) is 21.1. The van der Waals surface area contributed by atoms with E-state index in [-0.39, 0.29) is 22.8 Å². The molecule has 1 amide bonds. The van der Waals surface area contributed by atoms with Crippen LogP contribution in [0.4, 0.5) is 0 Å². The molecule has 0 radical (unpaired) electrons. The van der Waals surface area contributed by atoms with Crippen molar-refractivity contribution in [3.8, 4) is 11.4 Å². The van der Waals surface area contributed by atoms with Crippen molar-refractivity contribution in [2.75, 3.05) is 19.4 Å². The van der Waals surface area contributed by atoms with Gasteiger partial charge in [-0.05, 0) is 55.7 Å². The average molecular weight is 536 g/mol. The number of rotatable bonds is 8. The lowest BCUT2D eigenvalue weighted by molar-refractivity contribution is -0.118.